The molecule has 13 nitrogen and oxygen atoms in total. The van der Waals surface area contributed by atoms with Gasteiger partial charge in [-0.25, -0.2) is 4.39 Å². The maximum absolute atomic E-state index is 15.5. The van der Waals surface area contributed by atoms with Gasteiger partial charge in [0.25, 0.3) is 17.7 Å². The van der Waals surface area contributed by atoms with Crippen molar-refractivity contribution < 1.29 is 51.0 Å². The van der Waals surface area contributed by atoms with E-state index in [9.17, 15) is 37.1 Å². The molecule has 2 unspecified atom stereocenters. The summed E-state index contributed by atoms with van der Waals surface area (Å²) in [5.74, 6) is -3.53. The smallest absolute Gasteiger partial charge is 0.417 e. The minimum absolute atomic E-state index is 0.0325. The first kappa shape index (κ1) is 42.3. The summed E-state index contributed by atoms with van der Waals surface area (Å²) in [6.07, 6.45) is -5.82. The van der Waals surface area contributed by atoms with E-state index >= 15 is 4.39 Å². The molecule has 17 heteroatoms. The average molecular weight is 841 g/mol. The lowest BCUT2D eigenvalue weighted by molar-refractivity contribution is -0.138. The van der Waals surface area contributed by atoms with E-state index in [4.69, 9.17) is 14.7 Å². The number of ether oxygens (including phenoxy) is 2. The largest absolute Gasteiger partial charge is 0.480 e. The Hall–Kier alpha value is -6.80. The van der Waals surface area contributed by atoms with Crippen LogP contribution in [-0.2, 0) is 31.8 Å². The van der Waals surface area contributed by atoms with Gasteiger partial charge in [-0.2, -0.15) is 18.4 Å². The number of hydrogen-bond donors (Lipinski definition) is 3. The van der Waals surface area contributed by atoms with Crippen molar-refractivity contribution >= 4 is 40.9 Å². The highest BCUT2D eigenvalue weighted by Crippen LogP contribution is 2.39. The number of alkyl halides is 3. The number of nitrogens with zero attached hydrogens (tertiary/aromatic N) is 3. The van der Waals surface area contributed by atoms with Crippen molar-refractivity contribution in [2.24, 2.45) is 5.41 Å². The normalized spacial score (nSPS) is 18.5. The zero-order valence-corrected chi connectivity index (χ0v) is 33.0. The minimum Gasteiger partial charge on any atom is -0.480 e. The molecule has 0 aromatic heterocycles. The zero-order valence-electron chi connectivity index (χ0n) is 33.0. The number of carbonyl (C=O) groups is 5. The van der Waals surface area contributed by atoms with Gasteiger partial charge in [0.1, 0.15) is 17.6 Å². The average Bonchev–Trinajstić information content (AvgIpc) is 3.60. The molecule has 0 aliphatic carbocycles. The summed E-state index contributed by atoms with van der Waals surface area (Å²) in [6, 6.07) is 20.3. The number of benzene rings is 4. The Kier molecular flexibility index (Phi) is 11.8. The number of imide groups is 2. The predicted octanol–water partition coefficient (Wildman–Crippen LogP) is 6.14. The summed E-state index contributed by atoms with van der Waals surface area (Å²) >= 11 is 0. The van der Waals surface area contributed by atoms with Crippen LogP contribution in [0.25, 0.3) is 11.1 Å². The van der Waals surface area contributed by atoms with Crippen LogP contribution in [0.4, 0.5) is 28.9 Å². The van der Waals surface area contributed by atoms with Gasteiger partial charge in [-0.15, -0.1) is 0 Å². The number of fused-ring (bicyclic) bond motifs is 1. The third-order valence-electron chi connectivity index (χ3n) is 10.8. The van der Waals surface area contributed by atoms with Gasteiger partial charge in [0, 0.05) is 55.0 Å². The molecular weight excluding hydrogens is 801 g/mol. The predicted molar refractivity (Wildman–Crippen MR) is 213 cm³/mol. The number of halogens is 4. The van der Waals surface area contributed by atoms with Crippen LogP contribution in [-0.4, -0.2) is 84.3 Å². The molecule has 2 saturated heterocycles. The fourth-order valence-corrected chi connectivity index (χ4v) is 7.69. The van der Waals surface area contributed by atoms with Crippen LogP contribution in [0.2, 0.25) is 0 Å². The summed E-state index contributed by atoms with van der Waals surface area (Å²) in [5.41, 5.74) is 0.660. The Morgan fingerprint density at radius 2 is 1.62 bits per heavy atom. The number of piperidine rings is 1. The van der Waals surface area contributed by atoms with E-state index in [0.29, 0.717) is 37.0 Å². The van der Waals surface area contributed by atoms with Crippen molar-refractivity contribution in [1.29, 1.82) is 5.26 Å². The first-order valence-corrected chi connectivity index (χ1v) is 19.4. The summed E-state index contributed by atoms with van der Waals surface area (Å²) in [7, 11) is 0. The van der Waals surface area contributed by atoms with Gasteiger partial charge in [0.2, 0.25) is 11.8 Å². The Morgan fingerprint density at radius 1 is 0.902 bits per heavy atom. The Morgan fingerprint density at radius 3 is 2.31 bits per heavy atom. The second-order valence-electron chi connectivity index (χ2n) is 15.5. The summed E-state index contributed by atoms with van der Waals surface area (Å²) < 4.78 is 67.5. The highest BCUT2D eigenvalue weighted by atomic mass is 19.4. The SMILES string of the molecule is CC1(C)CN(Cc2ccc(-c3ccc(NCCOCCNc4cccc5c4C(=O)N(C4CCC(=O)NC4=O)C5=O)cc3)cc2F)C(=O)C1Oc1ccc(C#N)c(C(F)(F)F)c1. The lowest BCUT2D eigenvalue weighted by atomic mass is 9.89. The molecule has 316 valence electrons. The number of rotatable bonds is 14. The molecular formula is C44H40F4N6O7. The molecule has 7 rings (SSSR count). The minimum atomic E-state index is -4.79. The van der Waals surface area contributed by atoms with E-state index in [0.717, 1.165) is 22.2 Å². The van der Waals surface area contributed by atoms with Gasteiger partial charge < -0.3 is 25.0 Å². The van der Waals surface area contributed by atoms with Crippen molar-refractivity contribution in [3.63, 3.8) is 0 Å². The molecule has 3 aliphatic rings. The van der Waals surface area contributed by atoms with Crippen LogP contribution in [0.1, 0.15) is 64.1 Å². The Balaban J connectivity index is 0.866. The van der Waals surface area contributed by atoms with Crippen LogP contribution in [0.5, 0.6) is 5.75 Å². The molecule has 0 saturated carbocycles. The van der Waals surface area contributed by atoms with Gasteiger partial charge in [0.05, 0.1) is 41.5 Å². The van der Waals surface area contributed by atoms with E-state index in [1.807, 2.05) is 24.3 Å². The van der Waals surface area contributed by atoms with Crippen molar-refractivity contribution in [3.05, 3.63) is 112 Å². The van der Waals surface area contributed by atoms with Crippen molar-refractivity contribution in [2.75, 3.05) is 43.5 Å². The highest BCUT2D eigenvalue weighted by Gasteiger charge is 2.49. The third-order valence-corrected chi connectivity index (χ3v) is 10.8. The Bertz CT molecular complexity index is 2450. The molecule has 3 N–H and O–H groups in total. The number of anilines is 2. The lowest BCUT2D eigenvalue weighted by Crippen LogP contribution is -2.54. The highest BCUT2D eigenvalue weighted by molar-refractivity contribution is 6.25. The fraction of sp³-hybridized carbons (Fsp3) is 0.318. The number of likely N-dealkylation sites (tertiary alicyclic amines) is 1. The van der Waals surface area contributed by atoms with E-state index in [2.05, 4.69) is 16.0 Å². The van der Waals surface area contributed by atoms with Crippen molar-refractivity contribution in [1.82, 2.24) is 15.1 Å². The van der Waals surface area contributed by atoms with Gasteiger partial charge in [-0.1, -0.05) is 44.2 Å². The summed E-state index contributed by atoms with van der Waals surface area (Å²) in [4.78, 5) is 66.0. The molecule has 0 spiro atoms. The monoisotopic (exact) mass is 840 g/mol. The maximum atomic E-state index is 15.5. The van der Waals surface area contributed by atoms with Crippen LogP contribution >= 0.6 is 0 Å². The van der Waals surface area contributed by atoms with Gasteiger partial charge in [-0.3, -0.25) is 34.2 Å². The number of carbonyl (C=O) groups excluding carboxylic acids is 5. The van der Waals surface area contributed by atoms with E-state index in [1.54, 1.807) is 38.1 Å². The first-order chi connectivity index (χ1) is 29.0. The standard InChI is InChI=1S/C44H40F4N6O7/c1-43(2)24-53(42(59)38(43)61-30-13-10-27(22-49)32(21-30)44(46,47)48)23-28-7-6-26(20-33(28)45)25-8-11-29(12-9-25)50-16-18-60-19-17-51-34-5-3-4-31-37(34)41(58)54(40(31)57)35-14-15-36(55)52-39(35)56/h3-13,20-21,35,38,50-51H,14-19,23-24H2,1-2H3,(H,52,55,56). The molecule has 5 amide bonds. The molecule has 4 aromatic carbocycles. The fourth-order valence-electron chi connectivity index (χ4n) is 7.69. The maximum Gasteiger partial charge on any atom is 0.417 e. The number of hydrogen-bond acceptors (Lipinski definition) is 10. The number of nitrogens with one attached hydrogen (secondary N) is 3. The molecule has 3 aliphatic heterocycles. The Labute approximate surface area is 347 Å². The number of amides is 5. The molecule has 3 heterocycles. The first-order valence-electron chi connectivity index (χ1n) is 19.4. The van der Waals surface area contributed by atoms with Gasteiger partial charge >= 0.3 is 6.18 Å². The van der Waals surface area contributed by atoms with Crippen LogP contribution in [0, 0.1) is 22.6 Å². The van der Waals surface area contributed by atoms with Crippen molar-refractivity contribution in [2.45, 2.75) is 51.6 Å². The van der Waals surface area contributed by atoms with E-state index in [-0.39, 0.29) is 55.0 Å². The topological polar surface area (TPSA) is 170 Å². The number of nitriles is 1. The summed E-state index contributed by atoms with van der Waals surface area (Å²) in [5, 5.41) is 17.7. The molecule has 2 fully saturated rings. The molecule has 4 aromatic rings. The lowest BCUT2D eigenvalue weighted by Gasteiger charge is -2.27. The molecule has 61 heavy (non-hydrogen) atoms. The van der Waals surface area contributed by atoms with Gasteiger partial charge in [0.15, 0.2) is 6.10 Å². The molecule has 0 radical (unpaired) electrons. The van der Waals surface area contributed by atoms with E-state index < -0.39 is 70.2 Å². The zero-order chi connectivity index (χ0) is 43.6. The second kappa shape index (κ2) is 17.1. The van der Waals surface area contributed by atoms with Crippen LogP contribution in [0.15, 0.2) is 78.9 Å². The molecule has 2 atom stereocenters. The van der Waals surface area contributed by atoms with Crippen LogP contribution in [0.3, 0.4) is 0 Å². The molecule has 0 bridgehead atoms. The van der Waals surface area contributed by atoms with Crippen LogP contribution < -0.4 is 20.7 Å². The van der Waals surface area contributed by atoms with E-state index in [1.165, 1.54) is 29.2 Å². The van der Waals surface area contributed by atoms with Crippen molar-refractivity contribution in [3.8, 4) is 22.9 Å². The quantitative estimate of drug-likeness (QED) is 0.0762. The summed E-state index contributed by atoms with van der Waals surface area (Å²) in [6.45, 7) is 5.01. The second-order valence-corrected chi connectivity index (χ2v) is 15.5. The third kappa shape index (κ3) is 8.90. The van der Waals surface area contributed by atoms with Gasteiger partial charge in [-0.05, 0) is 66.1 Å².